The Morgan fingerprint density at radius 3 is 2.95 bits per heavy atom. The lowest BCUT2D eigenvalue weighted by Crippen LogP contribution is -2.05. The molecule has 1 aliphatic heterocycles. The number of benzene rings is 2. The smallest absolute Gasteiger partial charge is 0.167 e. The number of ketones is 1. The van der Waals surface area contributed by atoms with Crippen LogP contribution < -0.4 is 10.1 Å². The largest absolute Gasteiger partial charge is 0.496 e. The van der Waals surface area contributed by atoms with E-state index in [-0.39, 0.29) is 5.78 Å². The SMILES string of the molecule is COc1ccccc1CC(=O)c1ccc2c(c1)NCC2. The van der Waals surface area contributed by atoms with Crippen molar-refractivity contribution in [2.24, 2.45) is 0 Å². The monoisotopic (exact) mass is 267 g/mol. The Bertz CT molecular complexity index is 649. The second-order valence-electron chi connectivity index (χ2n) is 4.96. The third-order valence-corrected chi connectivity index (χ3v) is 3.69. The van der Waals surface area contributed by atoms with E-state index in [0.29, 0.717) is 6.42 Å². The van der Waals surface area contributed by atoms with E-state index in [4.69, 9.17) is 4.74 Å². The molecule has 0 unspecified atom stereocenters. The van der Waals surface area contributed by atoms with E-state index in [0.717, 1.165) is 35.5 Å². The number of methoxy groups -OCH3 is 1. The average Bonchev–Trinajstić information content (AvgIpc) is 2.95. The van der Waals surface area contributed by atoms with Crippen LogP contribution in [0.1, 0.15) is 21.5 Å². The van der Waals surface area contributed by atoms with Gasteiger partial charge in [0.1, 0.15) is 5.75 Å². The van der Waals surface area contributed by atoms with Gasteiger partial charge in [0, 0.05) is 29.8 Å². The molecule has 1 aliphatic rings. The number of carbonyl (C=O) groups is 1. The zero-order valence-corrected chi connectivity index (χ0v) is 11.5. The third-order valence-electron chi connectivity index (χ3n) is 3.69. The van der Waals surface area contributed by atoms with Gasteiger partial charge in [-0.2, -0.15) is 0 Å². The lowest BCUT2D eigenvalue weighted by molar-refractivity contribution is 0.0992. The molecule has 0 aliphatic carbocycles. The van der Waals surface area contributed by atoms with Crippen molar-refractivity contribution >= 4 is 11.5 Å². The quantitative estimate of drug-likeness (QED) is 0.865. The van der Waals surface area contributed by atoms with Crippen molar-refractivity contribution in [3.8, 4) is 5.75 Å². The van der Waals surface area contributed by atoms with Gasteiger partial charge in [0.15, 0.2) is 5.78 Å². The molecule has 0 fully saturated rings. The highest BCUT2D eigenvalue weighted by Gasteiger charge is 2.15. The molecule has 1 N–H and O–H groups in total. The third kappa shape index (κ3) is 2.39. The van der Waals surface area contributed by atoms with Crippen LogP contribution in [-0.2, 0) is 12.8 Å². The fourth-order valence-corrected chi connectivity index (χ4v) is 2.59. The second kappa shape index (κ2) is 5.37. The molecule has 2 aromatic rings. The maximum Gasteiger partial charge on any atom is 0.167 e. The van der Waals surface area contributed by atoms with Crippen molar-refractivity contribution in [1.29, 1.82) is 0 Å². The summed E-state index contributed by atoms with van der Waals surface area (Å²) >= 11 is 0. The summed E-state index contributed by atoms with van der Waals surface area (Å²) in [6, 6.07) is 13.6. The molecule has 2 aromatic carbocycles. The second-order valence-corrected chi connectivity index (χ2v) is 4.96. The minimum atomic E-state index is 0.117. The maximum atomic E-state index is 12.4. The number of fused-ring (bicyclic) bond motifs is 1. The normalized spacial score (nSPS) is 12.7. The summed E-state index contributed by atoms with van der Waals surface area (Å²) in [5.74, 6) is 0.881. The first kappa shape index (κ1) is 12.7. The Morgan fingerprint density at radius 1 is 1.25 bits per heavy atom. The van der Waals surface area contributed by atoms with Gasteiger partial charge in [0.05, 0.1) is 7.11 Å². The fourth-order valence-electron chi connectivity index (χ4n) is 2.59. The Labute approximate surface area is 118 Å². The Morgan fingerprint density at radius 2 is 2.10 bits per heavy atom. The van der Waals surface area contributed by atoms with Crippen LogP contribution in [0.15, 0.2) is 42.5 Å². The van der Waals surface area contributed by atoms with E-state index in [1.807, 2.05) is 42.5 Å². The van der Waals surface area contributed by atoms with Crippen LogP contribution in [0.3, 0.4) is 0 Å². The van der Waals surface area contributed by atoms with Crippen LogP contribution in [0, 0.1) is 0 Å². The number of ether oxygens (including phenoxy) is 1. The zero-order valence-electron chi connectivity index (χ0n) is 11.5. The minimum Gasteiger partial charge on any atom is -0.496 e. The molecule has 0 bridgehead atoms. The number of carbonyl (C=O) groups excluding carboxylic acids is 1. The number of hydrogen-bond acceptors (Lipinski definition) is 3. The summed E-state index contributed by atoms with van der Waals surface area (Å²) in [6.07, 6.45) is 1.40. The Hall–Kier alpha value is -2.29. The van der Waals surface area contributed by atoms with Gasteiger partial charge in [-0.3, -0.25) is 4.79 Å². The fraction of sp³-hybridized carbons (Fsp3) is 0.235. The summed E-state index contributed by atoms with van der Waals surface area (Å²) in [4.78, 5) is 12.4. The van der Waals surface area contributed by atoms with Crippen LogP contribution in [0.4, 0.5) is 5.69 Å². The predicted octanol–water partition coefficient (Wildman–Crippen LogP) is 3.09. The molecule has 0 radical (unpaired) electrons. The molecular formula is C17H17NO2. The van der Waals surface area contributed by atoms with E-state index in [1.54, 1.807) is 7.11 Å². The van der Waals surface area contributed by atoms with Crippen LogP contribution >= 0.6 is 0 Å². The summed E-state index contributed by atoms with van der Waals surface area (Å²) in [7, 11) is 1.63. The molecule has 0 atom stereocenters. The van der Waals surface area contributed by atoms with Crippen molar-refractivity contribution in [3.63, 3.8) is 0 Å². The van der Waals surface area contributed by atoms with Crippen molar-refractivity contribution in [3.05, 3.63) is 59.2 Å². The van der Waals surface area contributed by atoms with Gasteiger partial charge in [0.2, 0.25) is 0 Å². The topological polar surface area (TPSA) is 38.3 Å². The molecule has 3 rings (SSSR count). The molecular weight excluding hydrogens is 250 g/mol. The summed E-state index contributed by atoms with van der Waals surface area (Å²) < 4.78 is 5.29. The highest BCUT2D eigenvalue weighted by molar-refractivity contribution is 5.98. The van der Waals surface area contributed by atoms with Gasteiger partial charge < -0.3 is 10.1 Å². The average molecular weight is 267 g/mol. The van der Waals surface area contributed by atoms with Crippen molar-refractivity contribution in [2.45, 2.75) is 12.8 Å². The van der Waals surface area contributed by atoms with Gasteiger partial charge in [-0.15, -0.1) is 0 Å². The number of hydrogen-bond donors (Lipinski definition) is 1. The number of para-hydroxylation sites is 1. The van der Waals surface area contributed by atoms with E-state index in [2.05, 4.69) is 5.32 Å². The number of rotatable bonds is 4. The number of anilines is 1. The highest BCUT2D eigenvalue weighted by Crippen LogP contribution is 2.25. The highest BCUT2D eigenvalue weighted by atomic mass is 16.5. The molecule has 102 valence electrons. The molecule has 3 nitrogen and oxygen atoms in total. The Kier molecular flexibility index (Phi) is 3.42. The van der Waals surface area contributed by atoms with E-state index < -0.39 is 0 Å². The van der Waals surface area contributed by atoms with Crippen molar-refractivity contribution in [1.82, 2.24) is 0 Å². The summed E-state index contributed by atoms with van der Waals surface area (Å²) in [5.41, 5.74) is 4.06. The van der Waals surface area contributed by atoms with Crippen LogP contribution in [0.5, 0.6) is 5.75 Å². The molecule has 3 heteroatoms. The first-order valence-corrected chi connectivity index (χ1v) is 6.80. The van der Waals surface area contributed by atoms with Crippen LogP contribution in [-0.4, -0.2) is 19.4 Å². The minimum absolute atomic E-state index is 0.117. The maximum absolute atomic E-state index is 12.4. The molecule has 0 spiro atoms. The number of nitrogens with one attached hydrogen (secondary N) is 1. The first-order valence-electron chi connectivity index (χ1n) is 6.80. The van der Waals surface area contributed by atoms with Gasteiger partial charge in [-0.05, 0) is 24.1 Å². The number of Topliss-reactive ketones (excluding diaryl/α,β-unsaturated/α-hetero) is 1. The lowest BCUT2D eigenvalue weighted by Gasteiger charge is -2.08. The molecule has 20 heavy (non-hydrogen) atoms. The van der Waals surface area contributed by atoms with Gasteiger partial charge in [-0.1, -0.05) is 30.3 Å². The predicted molar refractivity (Wildman–Crippen MR) is 79.7 cm³/mol. The molecule has 0 amide bonds. The van der Waals surface area contributed by atoms with Crippen molar-refractivity contribution in [2.75, 3.05) is 19.0 Å². The molecule has 0 aromatic heterocycles. The first-order chi connectivity index (χ1) is 9.78. The van der Waals surface area contributed by atoms with Gasteiger partial charge in [0.25, 0.3) is 0 Å². The van der Waals surface area contributed by atoms with Crippen LogP contribution in [0.2, 0.25) is 0 Å². The summed E-state index contributed by atoms with van der Waals surface area (Å²) in [6.45, 7) is 0.958. The van der Waals surface area contributed by atoms with E-state index in [9.17, 15) is 4.79 Å². The standard InChI is InChI=1S/C17H17NO2/c1-20-17-5-3-2-4-14(17)11-16(19)13-7-6-12-8-9-18-15(12)10-13/h2-7,10,18H,8-9,11H2,1H3. The van der Waals surface area contributed by atoms with E-state index >= 15 is 0 Å². The lowest BCUT2D eigenvalue weighted by atomic mass is 10.0. The van der Waals surface area contributed by atoms with Crippen molar-refractivity contribution < 1.29 is 9.53 Å². The van der Waals surface area contributed by atoms with Crippen LogP contribution in [0.25, 0.3) is 0 Å². The van der Waals surface area contributed by atoms with Gasteiger partial charge >= 0.3 is 0 Å². The Balaban J connectivity index is 1.83. The summed E-state index contributed by atoms with van der Waals surface area (Å²) in [5, 5.41) is 3.30. The van der Waals surface area contributed by atoms with E-state index in [1.165, 1.54) is 5.56 Å². The van der Waals surface area contributed by atoms with Gasteiger partial charge in [-0.25, -0.2) is 0 Å². The molecule has 1 heterocycles. The molecule has 0 saturated carbocycles. The molecule has 0 saturated heterocycles. The zero-order chi connectivity index (χ0) is 13.9.